The lowest BCUT2D eigenvalue weighted by molar-refractivity contribution is -0.137. The van der Waals surface area contributed by atoms with Gasteiger partial charge in [0, 0.05) is 50.7 Å². The second-order valence-corrected chi connectivity index (χ2v) is 6.61. The van der Waals surface area contributed by atoms with Gasteiger partial charge in [0.05, 0.1) is 11.9 Å². The molecule has 2 aromatic heterocycles. The number of imidazole rings is 1. The lowest BCUT2D eigenvalue weighted by Crippen LogP contribution is -2.41. The molecular formula is C18H22F3N5O. The molecule has 0 bridgehead atoms. The minimum Gasteiger partial charge on any atom is -0.357 e. The Morgan fingerprint density at radius 2 is 2.04 bits per heavy atom. The maximum absolute atomic E-state index is 12.6. The molecule has 27 heavy (non-hydrogen) atoms. The smallest absolute Gasteiger partial charge is 0.357 e. The molecule has 1 aliphatic heterocycles. The fraction of sp³-hybridized carbons (Fsp3) is 0.500. The lowest BCUT2D eigenvalue weighted by Gasteiger charge is -2.32. The van der Waals surface area contributed by atoms with Crippen LogP contribution in [0.2, 0.25) is 0 Å². The molecule has 1 N–H and O–H groups in total. The van der Waals surface area contributed by atoms with Crippen LogP contribution in [0.25, 0.3) is 0 Å². The van der Waals surface area contributed by atoms with Gasteiger partial charge in [0.15, 0.2) is 0 Å². The molecule has 0 spiro atoms. The third-order valence-corrected chi connectivity index (χ3v) is 4.72. The van der Waals surface area contributed by atoms with Gasteiger partial charge >= 0.3 is 6.18 Å². The van der Waals surface area contributed by atoms with Crippen molar-refractivity contribution in [1.29, 1.82) is 0 Å². The summed E-state index contributed by atoms with van der Waals surface area (Å²) in [5.74, 6) is 0.492. The number of aromatic nitrogens is 3. The minimum absolute atomic E-state index is 0.0423. The van der Waals surface area contributed by atoms with Gasteiger partial charge in [-0.25, -0.2) is 9.97 Å². The van der Waals surface area contributed by atoms with Crippen molar-refractivity contribution in [3.05, 3.63) is 42.6 Å². The van der Waals surface area contributed by atoms with E-state index in [1.807, 2.05) is 15.7 Å². The van der Waals surface area contributed by atoms with Crippen LogP contribution in [-0.4, -0.2) is 40.1 Å². The average molecular weight is 381 g/mol. The number of hydrogen-bond donors (Lipinski definition) is 1. The van der Waals surface area contributed by atoms with Crippen LogP contribution in [0.5, 0.6) is 0 Å². The largest absolute Gasteiger partial charge is 0.417 e. The molecule has 0 atom stereocenters. The number of amides is 1. The monoisotopic (exact) mass is 381 g/mol. The van der Waals surface area contributed by atoms with E-state index in [4.69, 9.17) is 0 Å². The Labute approximate surface area is 155 Å². The summed E-state index contributed by atoms with van der Waals surface area (Å²) in [6, 6.07) is 2.43. The van der Waals surface area contributed by atoms with Crippen LogP contribution in [0, 0.1) is 5.92 Å². The maximum Gasteiger partial charge on any atom is 0.417 e. The molecule has 9 heteroatoms. The molecule has 1 saturated heterocycles. The van der Waals surface area contributed by atoms with E-state index < -0.39 is 11.7 Å². The zero-order chi connectivity index (χ0) is 19.3. The number of rotatable bonds is 6. The fourth-order valence-corrected chi connectivity index (χ4v) is 3.15. The van der Waals surface area contributed by atoms with E-state index in [1.165, 1.54) is 6.07 Å². The third-order valence-electron chi connectivity index (χ3n) is 4.72. The van der Waals surface area contributed by atoms with Gasteiger partial charge in [0.2, 0.25) is 5.91 Å². The Morgan fingerprint density at radius 1 is 1.26 bits per heavy atom. The summed E-state index contributed by atoms with van der Waals surface area (Å²) in [6.45, 7) is 2.62. The normalized spacial score (nSPS) is 15.7. The Kier molecular flexibility index (Phi) is 5.98. The Bertz CT molecular complexity index is 722. The van der Waals surface area contributed by atoms with Crippen LogP contribution >= 0.6 is 0 Å². The van der Waals surface area contributed by atoms with Crippen molar-refractivity contribution in [3.8, 4) is 0 Å². The Morgan fingerprint density at radius 3 is 2.63 bits per heavy atom. The topological polar surface area (TPSA) is 63.1 Å². The molecule has 0 unspecified atom stereocenters. The molecule has 3 rings (SSSR count). The summed E-state index contributed by atoms with van der Waals surface area (Å²) in [6.07, 6.45) is 3.98. The predicted molar refractivity (Wildman–Crippen MR) is 94.0 cm³/mol. The Balaban J connectivity index is 1.41. The van der Waals surface area contributed by atoms with Crippen LogP contribution in [0.15, 0.2) is 37.1 Å². The minimum atomic E-state index is -4.38. The first-order valence-corrected chi connectivity index (χ1v) is 8.95. The number of piperidine rings is 1. The highest BCUT2D eigenvalue weighted by Crippen LogP contribution is 2.30. The van der Waals surface area contributed by atoms with Gasteiger partial charge in [-0.2, -0.15) is 13.2 Å². The van der Waals surface area contributed by atoms with Crippen molar-refractivity contribution < 1.29 is 18.0 Å². The molecule has 0 aromatic carbocycles. The zero-order valence-electron chi connectivity index (χ0n) is 14.8. The molecule has 2 aromatic rings. The molecule has 1 aliphatic rings. The van der Waals surface area contributed by atoms with Crippen molar-refractivity contribution >= 4 is 11.7 Å². The molecule has 0 saturated carbocycles. The number of anilines is 1. The fourth-order valence-electron chi connectivity index (χ4n) is 3.15. The van der Waals surface area contributed by atoms with Gasteiger partial charge < -0.3 is 14.8 Å². The van der Waals surface area contributed by atoms with Gasteiger partial charge in [-0.05, 0) is 31.4 Å². The van der Waals surface area contributed by atoms with Crippen molar-refractivity contribution in [2.75, 3.05) is 24.5 Å². The van der Waals surface area contributed by atoms with E-state index in [2.05, 4.69) is 15.3 Å². The first kappa shape index (κ1) is 19.2. The molecular weight excluding hydrogens is 359 g/mol. The highest BCUT2D eigenvalue weighted by Gasteiger charge is 2.31. The van der Waals surface area contributed by atoms with Crippen molar-refractivity contribution in [1.82, 2.24) is 19.9 Å². The lowest BCUT2D eigenvalue weighted by atomic mass is 9.96. The summed E-state index contributed by atoms with van der Waals surface area (Å²) in [4.78, 5) is 22.1. The molecule has 146 valence electrons. The summed E-state index contributed by atoms with van der Waals surface area (Å²) < 4.78 is 39.8. The molecule has 1 fully saturated rings. The third kappa shape index (κ3) is 5.21. The number of carbonyl (C=O) groups is 1. The summed E-state index contributed by atoms with van der Waals surface area (Å²) in [5.41, 5.74) is -0.754. The van der Waals surface area contributed by atoms with E-state index >= 15 is 0 Å². The maximum atomic E-state index is 12.6. The van der Waals surface area contributed by atoms with E-state index in [0.29, 0.717) is 38.3 Å². The first-order chi connectivity index (χ1) is 12.9. The van der Waals surface area contributed by atoms with Gasteiger partial charge in [0.25, 0.3) is 0 Å². The zero-order valence-corrected chi connectivity index (χ0v) is 14.8. The number of nitrogens with one attached hydrogen (secondary N) is 1. The van der Waals surface area contributed by atoms with Gasteiger partial charge in [-0.3, -0.25) is 4.79 Å². The number of hydrogen-bond acceptors (Lipinski definition) is 4. The predicted octanol–water partition coefficient (Wildman–Crippen LogP) is 2.72. The quantitative estimate of drug-likeness (QED) is 0.782. The highest BCUT2D eigenvalue weighted by molar-refractivity contribution is 5.78. The standard InChI is InChI=1S/C18H22F3N5O/c19-18(20,21)15-2-3-16(24-12-15)26-9-4-14(5-10-26)17(27)23-6-1-8-25-11-7-22-13-25/h2-3,7,11-14H,1,4-6,8-10H2,(H,23,27). The van der Waals surface area contributed by atoms with Crippen LogP contribution in [0.3, 0.4) is 0 Å². The van der Waals surface area contributed by atoms with Crippen LogP contribution in [0.1, 0.15) is 24.8 Å². The molecule has 1 amide bonds. The van der Waals surface area contributed by atoms with Crippen LogP contribution < -0.4 is 10.2 Å². The van der Waals surface area contributed by atoms with E-state index in [0.717, 1.165) is 25.2 Å². The first-order valence-electron chi connectivity index (χ1n) is 8.95. The number of aryl methyl sites for hydroxylation is 1. The number of pyridine rings is 1. The van der Waals surface area contributed by atoms with Crippen molar-refractivity contribution in [3.63, 3.8) is 0 Å². The molecule has 0 radical (unpaired) electrons. The number of halogens is 3. The SMILES string of the molecule is O=C(NCCCn1ccnc1)C1CCN(c2ccc(C(F)(F)F)cn2)CC1. The van der Waals surface area contributed by atoms with Gasteiger partial charge in [-0.1, -0.05) is 0 Å². The number of alkyl halides is 3. The number of carbonyl (C=O) groups excluding carboxylic acids is 1. The van der Waals surface area contributed by atoms with Crippen LogP contribution in [-0.2, 0) is 17.5 Å². The van der Waals surface area contributed by atoms with Gasteiger partial charge in [-0.15, -0.1) is 0 Å². The summed E-state index contributed by atoms with van der Waals surface area (Å²) >= 11 is 0. The molecule has 6 nitrogen and oxygen atoms in total. The van der Waals surface area contributed by atoms with E-state index in [9.17, 15) is 18.0 Å². The van der Waals surface area contributed by atoms with Gasteiger partial charge in [0.1, 0.15) is 5.82 Å². The van der Waals surface area contributed by atoms with Crippen LogP contribution in [0.4, 0.5) is 19.0 Å². The van der Waals surface area contributed by atoms with Crippen molar-refractivity contribution in [2.24, 2.45) is 5.92 Å². The Hall–Kier alpha value is -2.58. The van der Waals surface area contributed by atoms with Crippen molar-refractivity contribution in [2.45, 2.75) is 32.0 Å². The second-order valence-electron chi connectivity index (χ2n) is 6.61. The van der Waals surface area contributed by atoms with E-state index in [1.54, 1.807) is 12.5 Å². The van der Waals surface area contributed by atoms with E-state index in [-0.39, 0.29) is 11.8 Å². The summed E-state index contributed by atoms with van der Waals surface area (Å²) in [7, 11) is 0. The average Bonchev–Trinajstić information content (AvgIpc) is 3.18. The number of nitrogens with zero attached hydrogens (tertiary/aromatic N) is 4. The summed E-state index contributed by atoms with van der Waals surface area (Å²) in [5, 5.41) is 2.96. The second kappa shape index (κ2) is 8.41. The molecule has 0 aliphatic carbocycles. The molecule has 3 heterocycles. The highest BCUT2D eigenvalue weighted by atomic mass is 19.4.